The van der Waals surface area contributed by atoms with Crippen molar-refractivity contribution in [3.63, 3.8) is 0 Å². The van der Waals surface area contributed by atoms with E-state index in [1.165, 1.54) is 38.5 Å². The number of nitrogens with one attached hydrogen (secondary N) is 1. The van der Waals surface area contributed by atoms with Crippen molar-refractivity contribution in [1.29, 1.82) is 0 Å². The molecule has 0 radical (unpaired) electrons. The van der Waals surface area contributed by atoms with Gasteiger partial charge in [-0.1, -0.05) is 41.9 Å². The van der Waals surface area contributed by atoms with E-state index in [1.54, 1.807) is 13.3 Å². The molecule has 0 aliphatic carbocycles. The molecule has 2 saturated heterocycles. The Morgan fingerprint density at radius 3 is 2.34 bits per heavy atom. The summed E-state index contributed by atoms with van der Waals surface area (Å²) in [5, 5.41) is 4.93. The van der Waals surface area contributed by atoms with Crippen LogP contribution in [0.5, 0.6) is 11.5 Å². The Bertz CT molecular complexity index is 1190. The lowest BCUT2D eigenvalue weighted by molar-refractivity contribution is 0.284. The van der Waals surface area contributed by atoms with Crippen molar-refractivity contribution in [2.24, 2.45) is 5.10 Å². The zero-order valence-electron chi connectivity index (χ0n) is 21.9. The average molecular weight is 535 g/mol. The highest BCUT2D eigenvalue weighted by Gasteiger charge is 2.19. The number of hydrogen-bond donors (Lipinski definition) is 1. The second kappa shape index (κ2) is 12.8. The topological polar surface area (TPSA) is 75.1 Å². The van der Waals surface area contributed by atoms with E-state index >= 15 is 0 Å². The summed E-state index contributed by atoms with van der Waals surface area (Å²) < 4.78 is 11.5. The number of benzene rings is 2. The molecular formula is C29H35ClN6O2. The molecule has 5 rings (SSSR count). The van der Waals surface area contributed by atoms with Gasteiger partial charge in [0, 0.05) is 32.2 Å². The molecule has 2 aromatic carbocycles. The molecule has 2 fully saturated rings. The zero-order chi connectivity index (χ0) is 26.2. The highest BCUT2D eigenvalue weighted by Crippen LogP contribution is 2.36. The molecule has 38 heavy (non-hydrogen) atoms. The maximum absolute atomic E-state index is 6.57. The Morgan fingerprint density at radius 2 is 1.63 bits per heavy atom. The quantitative estimate of drug-likeness (QED) is 0.261. The molecule has 1 aromatic heterocycles. The van der Waals surface area contributed by atoms with Crippen molar-refractivity contribution < 1.29 is 9.47 Å². The lowest BCUT2D eigenvalue weighted by Crippen LogP contribution is -2.33. The Kier molecular flexibility index (Phi) is 8.81. The number of rotatable bonds is 9. The van der Waals surface area contributed by atoms with Crippen molar-refractivity contribution in [1.82, 2.24) is 9.97 Å². The molecular weight excluding hydrogens is 500 g/mol. The largest absolute Gasteiger partial charge is 0.493 e. The maximum Gasteiger partial charge on any atom is 0.229 e. The van der Waals surface area contributed by atoms with Gasteiger partial charge in [-0.05, 0) is 61.8 Å². The smallest absolute Gasteiger partial charge is 0.229 e. The number of hydrogen-bond acceptors (Lipinski definition) is 8. The van der Waals surface area contributed by atoms with Crippen LogP contribution in [-0.2, 0) is 6.61 Å². The van der Waals surface area contributed by atoms with Gasteiger partial charge in [-0.2, -0.15) is 15.1 Å². The molecule has 9 heteroatoms. The van der Waals surface area contributed by atoms with Crippen molar-refractivity contribution in [3.05, 3.63) is 64.7 Å². The molecule has 1 N–H and O–H groups in total. The number of aromatic nitrogens is 2. The van der Waals surface area contributed by atoms with E-state index in [0.717, 1.165) is 49.1 Å². The van der Waals surface area contributed by atoms with E-state index in [2.05, 4.69) is 20.3 Å². The third-order valence-corrected chi connectivity index (χ3v) is 7.17. The zero-order valence-corrected chi connectivity index (χ0v) is 22.7. The summed E-state index contributed by atoms with van der Waals surface area (Å²) in [4.78, 5) is 14.4. The van der Waals surface area contributed by atoms with Gasteiger partial charge in [0.05, 0.1) is 18.3 Å². The second-order valence-corrected chi connectivity index (χ2v) is 10.1. The molecule has 8 nitrogen and oxygen atoms in total. The Labute approximate surface area is 229 Å². The summed E-state index contributed by atoms with van der Waals surface area (Å²) in [7, 11) is 1.60. The van der Waals surface area contributed by atoms with Gasteiger partial charge in [0.1, 0.15) is 12.4 Å². The van der Waals surface area contributed by atoms with E-state index in [0.29, 0.717) is 28.9 Å². The molecule has 0 unspecified atom stereocenters. The maximum atomic E-state index is 6.57. The fraction of sp³-hybridized carbons (Fsp3) is 0.414. The molecule has 0 amide bonds. The number of methoxy groups -OCH3 is 1. The van der Waals surface area contributed by atoms with Gasteiger partial charge < -0.3 is 19.3 Å². The summed E-state index contributed by atoms with van der Waals surface area (Å²) in [6.07, 6.45) is 8.98. The van der Waals surface area contributed by atoms with E-state index in [9.17, 15) is 0 Å². The SMILES string of the molecule is COc1cc(/C=N\Nc2cc(N3CCCCC3)nc(N3CCCCC3)n2)cc(Cl)c1OCc1ccccc1. The number of hydrazone groups is 1. The van der Waals surface area contributed by atoms with Crippen LogP contribution in [-0.4, -0.2) is 49.5 Å². The normalized spacial score (nSPS) is 16.1. The van der Waals surface area contributed by atoms with Crippen LogP contribution in [0.3, 0.4) is 0 Å². The molecule has 2 aliphatic rings. The van der Waals surface area contributed by atoms with Gasteiger partial charge in [0.25, 0.3) is 0 Å². The molecule has 0 saturated carbocycles. The van der Waals surface area contributed by atoms with Gasteiger partial charge in [0.2, 0.25) is 5.95 Å². The Morgan fingerprint density at radius 1 is 0.921 bits per heavy atom. The standard InChI is InChI=1S/C29H35ClN6O2/c1-37-25-18-23(17-24(30)28(25)38-21-22-11-5-2-6-12-22)20-31-34-26-19-27(35-13-7-3-8-14-35)33-29(32-26)36-15-9-4-10-16-36/h2,5-6,11-12,17-20H,3-4,7-10,13-16,21H2,1H3,(H,32,33,34)/b31-20-. The van der Waals surface area contributed by atoms with Crippen molar-refractivity contribution in [2.75, 3.05) is 48.5 Å². The summed E-state index contributed by atoms with van der Waals surface area (Å²) >= 11 is 6.57. The first-order valence-corrected chi connectivity index (χ1v) is 13.8. The minimum absolute atomic E-state index is 0.401. The summed E-state index contributed by atoms with van der Waals surface area (Å²) in [6, 6.07) is 15.6. The van der Waals surface area contributed by atoms with Gasteiger partial charge in [-0.25, -0.2) is 0 Å². The molecule has 0 spiro atoms. The first kappa shape index (κ1) is 26.1. The van der Waals surface area contributed by atoms with Crippen LogP contribution in [0, 0.1) is 0 Å². The van der Waals surface area contributed by atoms with Gasteiger partial charge >= 0.3 is 0 Å². The molecule has 3 heterocycles. The first-order chi connectivity index (χ1) is 18.7. The van der Waals surface area contributed by atoms with E-state index < -0.39 is 0 Å². The van der Waals surface area contributed by atoms with Crippen LogP contribution >= 0.6 is 11.6 Å². The first-order valence-electron chi connectivity index (χ1n) is 13.4. The minimum Gasteiger partial charge on any atom is -0.493 e. The van der Waals surface area contributed by atoms with E-state index in [-0.39, 0.29) is 0 Å². The third kappa shape index (κ3) is 6.67. The summed E-state index contributed by atoms with van der Waals surface area (Å²) in [5.41, 5.74) is 4.96. The van der Waals surface area contributed by atoms with Crippen LogP contribution in [0.25, 0.3) is 0 Å². The van der Waals surface area contributed by atoms with E-state index in [4.69, 9.17) is 31.0 Å². The van der Waals surface area contributed by atoms with Gasteiger partial charge in [-0.15, -0.1) is 0 Å². The fourth-order valence-corrected chi connectivity index (χ4v) is 5.13. The highest BCUT2D eigenvalue weighted by atomic mass is 35.5. The van der Waals surface area contributed by atoms with Crippen molar-refractivity contribution in [3.8, 4) is 11.5 Å². The summed E-state index contributed by atoms with van der Waals surface area (Å²) in [6.45, 7) is 4.43. The monoisotopic (exact) mass is 534 g/mol. The van der Waals surface area contributed by atoms with Crippen molar-refractivity contribution >= 4 is 35.4 Å². The van der Waals surface area contributed by atoms with Crippen LogP contribution < -0.4 is 24.7 Å². The number of halogens is 1. The third-order valence-electron chi connectivity index (χ3n) is 6.89. The average Bonchev–Trinajstić information content (AvgIpc) is 2.97. The second-order valence-electron chi connectivity index (χ2n) is 9.69. The number of piperidine rings is 2. The van der Waals surface area contributed by atoms with Crippen molar-refractivity contribution in [2.45, 2.75) is 45.1 Å². The van der Waals surface area contributed by atoms with Crippen LogP contribution in [0.15, 0.2) is 53.6 Å². The van der Waals surface area contributed by atoms with Gasteiger partial charge in [0.15, 0.2) is 17.3 Å². The van der Waals surface area contributed by atoms with Crippen LogP contribution in [0.4, 0.5) is 17.6 Å². The van der Waals surface area contributed by atoms with E-state index in [1.807, 2.05) is 48.5 Å². The predicted molar refractivity (Wildman–Crippen MR) is 154 cm³/mol. The molecule has 2 aliphatic heterocycles. The molecule has 0 bridgehead atoms. The Hall–Kier alpha value is -3.52. The van der Waals surface area contributed by atoms with Crippen LogP contribution in [0.2, 0.25) is 5.02 Å². The minimum atomic E-state index is 0.401. The fourth-order valence-electron chi connectivity index (χ4n) is 4.86. The van der Waals surface area contributed by atoms with Gasteiger partial charge in [-0.3, -0.25) is 5.43 Å². The lowest BCUT2D eigenvalue weighted by Gasteiger charge is -2.31. The number of anilines is 3. The number of nitrogens with zero attached hydrogens (tertiary/aromatic N) is 5. The lowest BCUT2D eigenvalue weighted by atomic mass is 10.1. The molecule has 0 atom stereocenters. The summed E-state index contributed by atoms with van der Waals surface area (Å²) in [5.74, 6) is 3.48. The predicted octanol–water partition coefficient (Wildman–Crippen LogP) is 6.14. The van der Waals surface area contributed by atoms with Crippen LogP contribution in [0.1, 0.15) is 49.7 Å². The number of ether oxygens (including phenoxy) is 2. The molecule has 200 valence electrons. The highest BCUT2D eigenvalue weighted by molar-refractivity contribution is 6.32. The Balaban J connectivity index is 1.32. The molecule has 3 aromatic rings.